The van der Waals surface area contributed by atoms with Crippen LogP contribution in [-0.2, 0) is 9.53 Å². The largest absolute Gasteiger partial charge is 0.463 e. The smallest absolute Gasteiger partial charge is 0.302 e. The second-order valence-electron chi connectivity index (χ2n) is 2.21. The van der Waals surface area contributed by atoms with Gasteiger partial charge in [-0.15, -0.1) is 0 Å². The number of rotatable bonds is 3. The predicted molar refractivity (Wildman–Crippen MR) is 36.1 cm³/mol. The zero-order valence-corrected chi connectivity index (χ0v) is 6.31. The SMILES string of the molecule is CCC[C@H](C)OC(C)=O. The Hall–Kier alpha value is -0.530. The maximum absolute atomic E-state index is 10.3. The molecule has 2 nitrogen and oxygen atoms in total. The minimum Gasteiger partial charge on any atom is -0.463 e. The molecule has 0 radical (unpaired) electrons. The van der Waals surface area contributed by atoms with E-state index in [-0.39, 0.29) is 12.1 Å². The Kier molecular flexibility index (Phi) is 4.10. The van der Waals surface area contributed by atoms with Crippen LogP contribution < -0.4 is 0 Å². The highest BCUT2D eigenvalue weighted by Crippen LogP contribution is 1.99. The van der Waals surface area contributed by atoms with Crippen molar-refractivity contribution < 1.29 is 9.53 Å². The van der Waals surface area contributed by atoms with Gasteiger partial charge in [-0.2, -0.15) is 0 Å². The Balaban J connectivity index is 3.26. The fourth-order valence-corrected chi connectivity index (χ4v) is 0.749. The molecule has 0 saturated carbocycles. The molecular weight excluding hydrogens is 116 g/mol. The number of hydrogen-bond donors (Lipinski definition) is 0. The second kappa shape index (κ2) is 4.36. The molecule has 0 aromatic heterocycles. The van der Waals surface area contributed by atoms with Crippen molar-refractivity contribution in [2.45, 2.75) is 39.7 Å². The Morgan fingerprint density at radius 2 is 2.22 bits per heavy atom. The van der Waals surface area contributed by atoms with Gasteiger partial charge in [0.15, 0.2) is 0 Å². The minimum atomic E-state index is -0.184. The molecule has 9 heavy (non-hydrogen) atoms. The Bertz CT molecular complexity index is 88.9. The van der Waals surface area contributed by atoms with E-state index in [1.165, 1.54) is 6.92 Å². The van der Waals surface area contributed by atoms with Crippen molar-refractivity contribution in [1.29, 1.82) is 0 Å². The van der Waals surface area contributed by atoms with Gasteiger partial charge < -0.3 is 4.74 Å². The van der Waals surface area contributed by atoms with Crippen LogP contribution in [0.25, 0.3) is 0 Å². The van der Waals surface area contributed by atoms with Gasteiger partial charge in [-0.3, -0.25) is 4.79 Å². The van der Waals surface area contributed by atoms with Crippen molar-refractivity contribution in [3.05, 3.63) is 0 Å². The van der Waals surface area contributed by atoms with Crippen LogP contribution in [0.1, 0.15) is 33.6 Å². The lowest BCUT2D eigenvalue weighted by molar-refractivity contribution is -0.145. The molecule has 1 atom stereocenters. The summed E-state index contributed by atoms with van der Waals surface area (Å²) in [5.41, 5.74) is 0. The number of carbonyl (C=O) groups is 1. The summed E-state index contributed by atoms with van der Waals surface area (Å²) in [6.45, 7) is 5.41. The Morgan fingerprint density at radius 1 is 1.67 bits per heavy atom. The molecule has 0 spiro atoms. The van der Waals surface area contributed by atoms with E-state index >= 15 is 0 Å². The molecule has 0 fully saturated rings. The molecule has 0 saturated heterocycles. The lowest BCUT2D eigenvalue weighted by atomic mass is 10.2. The molecule has 0 aromatic carbocycles. The van der Waals surface area contributed by atoms with Crippen molar-refractivity contribution in [2.75, 3.05) is 0 Å². The van der Waals surface area contributed by atoms with Crippen LogP contribution in [0.3, 0.4) is 0 Å². The van der Waals surface area contributed by atoms with E-state index in [4.69, 9.17) is 4.74 Å². The number of carbonyl (C=O) groups excluding carboxylic acids is 1. The first-order valence-corrected chi connectivity index (χ1v) is 3.34. The van der Waals surface area contributed by atoms with Gasteiger partial charge in [0.2, 0.25) is 0 Å². The van der Waals surface area contributed by atoms with Crippen molar-refractivity contribution >= 4 is 5.97 Å². The molecule has 2 heteroatoms. The monoisotopic (exact) mass is 130 g/mol. The van der Waals surface area contributed by atoms with Crippen LogP contribution >= 0.6 is 0 Å². The van der Waals surface area contributed by atoms with Gasteiger partial charge in [0.05, 0.1) is 6.10 Å². The van der Waals surface area contributed by atoms with Gasteiger partial charge in [-0.05, 0) is 13.3 Å². The van der Waals surface area contributed by atoms with E-state index in [9.17, 15) is 4.79 Å². The normalized spacial score (nSPS) is 12.8. The third-order valence-corrected chi connectivity index (χ3v) is 1.06. The third kappa shape index (κ3) is 5.34. The molecule has 0 aliphatic heterocycles. The van der Waals surface area contributed by atoms with Gasteiger partial charge in [0, 0.05) is 6.92 Å². The van der Waals surface area contributed by atoms with Crippen molar-refractivity contribution in [3.63, 3.8) is 0 Å². The molecule has 0 unspecified atom stereocenters. The van der Waals surface area contributed by atoms with E-state index in [0.29, 0.717) is 0 Å². The summed E-state index contributed by atoms with van der Waals surface area (Å²) < 4.78 is 4.85. The van der Waals surface area contributed by atoms with Gasteiger partial charge in [0.1, 0.15) is 0 Å². The highest BCUT2D eigenvalue weighted by molar-refractivity contribution is 5.66. The fourth-order valence-electron chi connectivity index (χ4n) is 0.749. The van der Waals surface area contributed by atoms with Crippen LogP contribution in [0.5, 0.6) is 0 Å². The first-order valence-electron chi connectivity index (χ1n) is 3.34. The van der Waals surface area contributed by atoms with E-state index in [2.05, 4.69) is 6.92 Å². The quantitative estimate of drug-likeness (QED) is 0.544. The van der Waals surface area contributed by atoms with Crippen LogP contribution in [0.2, 0.25) is 0 Å². The molecule has 0 heterocycles. The second-order valence-corrected chi connectivity index (χ2v) is 2.21. The summed E-state index contributed by atoms with van der Waals surface area (Å²) in [4.78, 5) is 10.3. The maximum Gasteiger partial charge on any atom is 0.302 e. The van der Waals surface area contributed by atoms with Gasteiger partial charge in [0.25, 0.3) is 0 Å². The molecule has 0 rings (SSSR count). The van der Waals surface area contributed by atoms with Crippen LogP contribution in [-0.4, -0.2) is 12.1 Å². The van der Waals surface area contributed by atoms with Gasteiger partial charge in [-0.25, -0.2) is 0 Å². The number of esters is 1. The minimum absolute atomic E-state index is 0.0903. The molecule has 0 bridgehead atoms. The predicted octanol–water partition coefficient (Wildman–Crippen LogP) is 1.74. The third-order valence-electron chi connectivity index (χ3n) is 1.06. The summed E-state index contributed by atoms with van der Waals surface area (Å²) in [5, 5.41) is 0. The standard InChI is InChI=1S/C7H14O2/c1-4-5-6(2)9-7(3)8/h6H,4-5H2,1-3H3/t6-/m0/s1. The zero-order valence-electron chi connectivity index (χ0n) is 6.31. The van der Waals surface area contributed by atoms with Crippen LogP contribution in [0.15, 0.2) is 0 Å². The zero-order chi connectivity index (χ0) is 7.28. The highest BCUT2D eigenvalue weighted by Gasteiger charge is 2.01. The molecule has 0 aliphatic rings. The Morgan fingerprint density at radius 3 is 2.56 bits per heavy atom. The number of ether oxygens (including phenoxy) is 1. The molecule has 0 aromatic rings. The topological polar surface area (TPSA) is 26.3 Å². The highest BCUT2D eigenvalue weighted by atomic mass is 16.5. The van der Waals surface area contributed by atoms with Crippen molar-refractivity contribution in [3.8, 4) is 0 Å². The lowest BCUT2D eigenvalue weighted by Gasteiger charge is -2.08. The van der Waals surface area contributed by atoms with E-state index in [1.54, 1.807) is 0 Å². The lowest BCUT2D eigenvalue weighted by Crippen LogP contribution is -2.11. The maximum atomic E-state index is 10.3. The van der Waals surface area contributed by atoms with E-state index < -0.39 is 0 Å². The summed E-state index contributed by atoms with van der Waals surface area (Å²) in [5.74, 6) is -0.184. The average molecular weight is 130 g/mol. The molecule has 0 aliphatic carbocycles. The summed E-state index contributed by atoms with van der Waals surface area (Å²) in [6, 6.07) is 0. The van der Waals surface area contributed by atoms with Crippen LogP contribution in [0, 0.1) is 0 Å². The Labute approximate surface area is 56.2 Å². The fraction of sp³-hybridized carbons (Fsp3) is 0.857. The van der Waals surface area contributed by atoms with Crippen molar-refractivity contribution in [1.82, 2.24) is 0 Å². The summed E-state index contributed by atoms with van der Waals surface area (Å²) >= 11 is 0. The molecular formula is C7H14O2. The average Bonchev–Trinajstić information content (AvgIpc) is 1.63. The van der Waals surface area contributed by atoms with E-state index in [0.717, 1.165) is 12.8 Å². The summed E-state index contributed by atoms with van der Waals surface area (Å²) in [6.07, 6.45) is 2.11. The van der Waals surface area contributed by atoms with Gasteiger partial charge in [-0.1, -0.05) is 13.3 Å². The van der Waals surface area contributed by atoms with E-state index in [1.807, 2.05) is 6.92 Å². The first kappa shape index (κ1) is 8.47. The summed E-state index contributed by atoms with van der Waals surface area (Å²) in [7, 11) is 0. The molecule has 54 valence electrons. The van der Waals surface area contributed by atoms with Crippen molar-refractivity contribution in [2.24, 2.45) is 0 Å². The molecule has 0 amide bonds. The molecule has 0 N–H and O–H groups in total. The van der Waals surface area contributed by atoms with Gasteiger partial charge >= 0.3 is 5.97 Å². The number of hydrogen-bond acceptors (Lipinski definition) is 2. The van der Waals surface area contributed by atoms with Crippen LogP contribution in [0.4, 0.5) is 0 Å². The first-order chi connectivity index (χ1) is 4.16.